The number of aliphatic hydroxyl groups is 1. The van der Waals surface area contributed by atoms with E-state index in [2.05, 4.69) is 25.2 Å². The Morgan fingerprint density at radius 2 is 2.45 bits per heavy atom. The molecule has 0 radical (unpaired) electrons. The molecule has 108 valence electrons. The largest absolute Gasteiger partial charge is 0.464 e. The minimum absolute atomic E-state index is 0.0131. The number of amides is 1. The number of nitrogens with zero attached hydrogens (tertiary/aromatic N) is 5. The highest BCUT2D eigenvalue weighted by Crippen LogP contribution is 2.02. The number of esters is 1. The van der Waals surface area contributed by atoms with E-state index in [4.69, 9.17) is 5.53 Å². The molecule has 0 aliphatic heterocycles. The fourth-order valence-electron chi connectivity index (χ4n) is 1.40. The number of hydrogen-bond acceptors (Lipinski definition) is 6. The van der Waals surface area contributed by atoms with E-state index in [1.165, 1.54) is 24.1 Å². The molecular formula is C10H14N6O4. The van der Waals surface area contributed by atoms with Crippen LogP contribution in [0.2, 0.25) is 0 Å². The van der Waals surface area contributed by atoms with E-state index in [-0.39, 0.29) is 25.3 Å². The van der Waals surface area contributed by atoms with Gasteiger partial charge in [-0.1, -0.05) is 5.11 Å². The van der Waals surface area contributed by atoms with Gasteiger partial charge in [0.1, 0.15) is 12.2 Å². The van der Waals surface area contributed by atoms with Crippen LogP contribution in [0.1, 0.15) is 10.5 Å². The zero-order valence-electron chi connectivity index (χ0n) is 10.8. The van der Waals surface area contributed by atoms with Crippen LogP contribution in [0.15, 0.2) is 17.4 Å². The lowest BCUT2D eigenvalue weighted by Crippen LogP contribution is -2.36. The van der Waals surface area contributed by atoms with Gasteiger partial charge < -0.3 is 15.2 Å². The molecule has 0 bridgehead atoms. The summed E-state index contributed by atoms with van der Waals surface area (Å²) in [6.45, 7) is -0.377. The quantitative estimate of drug-likeness (QED) is 0.299. The number of hydrogen-bond donors (Lipinski definition) is 2. The Labute approximate surface area is 114 Å². The molecule has 0 fully saturated rings. The van der Waals surface area contributed by atoms with Gasteiger partial charge in [0, 0.05) is 17.7 Å². The summed E-state index contributed by atoms with van der Waals surface area (Å²) in [7, 11) is 1.24. The van der Waals surface area contributed by atoms with Crippen LogP contribution in [-0.2, 0) is 16.1 Å². The molecule has 1 amide bonds. The zero-order chi connectivity index (χ0) is 15.0. The van der Waals surface area contributed by atoms with Crippen molar-refractivity contribution in [3.63, 3.8) is 0 Å². The van der Waals surface area contributed by atoms with Crippen LogP contribution >= 0.6 is 0 Å². The summed E-state index contributed by atoms with van der Waals surface area (Å²) in [5, 5.41) is 19.1. The zero-order valence-corrected chi connectivity index (χ0v) is 10.8. The molecule has 1 unspecified atom stereocenters. The Hall–Kier alpha value is -2.58. The topological polar surface area (TPSA) is 142 Å². The molecule has 1 atom stereocenters. The van der Waals surface area contributed by atoms with Crippen molar-refractivity contribution in [2.75, 3.05) is 20.2 Å². The summed E-state index contributed by atoms with van der Waals surface area (Å²) in [5.74, 6) is -1.07. The maximum atomic E-state index is 11.4. The van der Waals surface area contributed by atoms with E-state index in [1.807, 2.05) is 0 Å². The molecule has 0 aromatic carbocycles. The summed E-state index contributed by atoms with van der Waals surface area (Å²) in [5.41, 5.74) is 8.24. The highest BCUT2D eigenvalue weighted by atomic mass is 16.5. The lowest BCUT2D eigenvalue weighted by atomic mass is 10.3. The van der Waals surface area contributed by atoms with Gasteiger partial charge in [-0.2, -0.15) is 5.10 Å². The molecule has 1 heterocycles. The monoisotopic (exact) mass is 282 g/mol. The number of carbonyl (C=O) groups is 2. The lowest BCUT2D eigenvalue weighted by Gasteiger charge is -2.13. The fourth-order valence-corrected chi connectivity index (χ4v) is 1.40. The Balaban J connectivity index is 2.48. The van der Waals surface area contributed by atoms with Crippen molar-refractivity contribution in [2.24, 2.45) is 5.11 Å². The molecule has 0 aliphatic carbocycles. The number of aromatic nitrogens is 2. The number of aliphatic hydroxyl groups excluding tert-OH is 1. The first-order chi connectivity index (χ1) is 9.58. The molecule has 2 N–H and O–H groups in total. The van der Waals surface area contributed by atoms with Crippen LogP contribution in [-0.4, -0.2) is 53.1 Å². The van der Waals surface area contributed by atoms with E-state index < -0.39 is 18.0 Å². The van der Waals surface area contributed by atoms with E-state index in [0.29, 0.717) is 0 Å². The summed E-state index contributed by atoms with van der Waals surface area (Å²) < 4.78 is 5.84. The van der Waals surface area contributed by atoms with E-state index in [0.717, 1.165) is 0 Å². The van der Waals surface area contributed by atoms with Gasteiger partial charge in [-0.15, -0.1) is 0 Å². The molecule has 0 aliphatic rings. The molecule has 0 spiro atoms. The lowest BCUT2D eigenvalue weighted by molar-refractivity contribution is -0.120. The van der Waals surface area contributed by atoms with Gasteiger partial charge in [0.2, 0.25) is 5.91 Å². The summed E-state index contributed by atoms with van der Waals surface area (Å²) in [6, 6.07) is 1.46. The van der Waals surface area contributed by atoms with E-state index >= 15 is 0 Å². The standard InChI is InChI=1S/C10H14N6O4/c1-20-10(19)8-2-3-14-16(8)6-7(17)4-12-9(18)5-13-15-11/h2-3,7,17H,4-6H2,1H3,(H,12,18). The van der Waals surface area contributed by atoms with Crippen LogP contribution < -0.4 is 5.32 Å². The molecule has 1 rings (SSSR count). The summed E-state index contributed by atoms with van der Waals surface area (Å²) >= 11 is 0. The molecule has 20 heavy (non-hydrogen) atoms. The molecule has 10 nitrogen and oxygen atoms in total. The highest BCUT2D eigenvalue weighted by molar-refractivity contribution is 5.87. The molecule has 0 saturated carbocycles. The smallest absolute Gasteiger partial charge is 0.356 e. The maximum Gasteiger partial charge on any atom is 0.356 e. The Morgan fingerprint density at radius 1 is 1.70 bits per heavy atom. The van der Waals surface area contributed by atoms with Crippen molar-refractivity contribution in [2.45, 2.75) is 12.6 Å². The fraction of sp³-hybridized carbons (Fsp3) is 0.500. The van der Waals surface area contributed by atoms with Crippen LogP contribution in [0.25, 0.3) is 10.4 Å². The van der Waals surface area contributed by atoms with Gasteiger partial charge in [-0.05, 0) is 11.6 Å². The number of ether oxygens (including phenoxy) is 1. The van der Waals surface area contributed by atoms with Crippen LogP contribution in [0.5, 0.6) is 0 Å². The minimum atomic E-state index is -0.951. The van der Waals surface area contributed by atoms with Gasteiger partial charge >= 0.3 is 5.97 Å². The molecule has 10 heteroatoms. The first kappa shape index (κ1) is 15.5. The number of azide groups is 1. The molecular weight excluding hydrogens is 268 g/mol. The predicted octanol–water partition coefficient (Wildman–Crippen LogP) is -0.543. The number of rotatable bonds is 7. The Kier molecular flexibility index (Phi) is 6.01. The van der Waals surface area contributed by atoms with Crippen molar-refractivity contribution < 1.29 is 19.4 Å². The Bertz CT molecular complexity index is 522. The average Bonchev–Trinajstić information content (AvgIpc) is 2.90. The van der Waals surface area contributed by atoms with Gasteiger partial charge in [-0.3, -0.25) is 9.48 Å². The van der Waals surface area contributed by atoms with Crippen LogP contribution in [0.4, 0.5) is 0 Å². The van der Waals surface area contributed by atoms with Gasteiger partial charge in [-0.25, -0.2) is 4.79 Å². The third kappa shape index (κ3) is 4.59. The number of nitrogens with one attached hydrogen (secondary N) is 1. The molecule has 0 saturated heterocycles. The van der Waals surface area contributed by atoms with Crippen molar-refractivity contribution >= 4 is 11.9 Å². The van der Waals surface area contributed by atoms with Gasteiger partial charge in [0.15, 0.2) is 0 Å². The molecule has 1 aromatic heterocycles. The van der Waals surface area contributed by atoms with Crippen molar-refractivity contribution in [1.29, 1.82) is 0 Å². The van der Waals surface area contributed by atoms with Crippen molar-refractivity contribution in [3.05, 3.63) is 28.4 Å². The van der Waals surface area contributed by atoms with Gasteiger partial charge in [0.25, 0.3) is 0 Å². The third-order valence-corrected chi connectivity index (χ3v) is 2.31. The summed E-state index contributed by atoms with van der Waals surface area (Å²) in [4.78, 5) is 25.0. The first-order valence-corrected chi connectivity index (χ1v) is 5.64. The van der Waals surface area contributed by atoms with E-state index in [1.54, 1.807) is 0 Å². The maximum absolute atomic E-state index is 11.4. The van der Waals surface area contributed by atoms with Crippen molar-refractivity contribution in [1.82, 2.24) is 15.1 Å². The average molecular weight is 282 g/mol. The predicted molar refractivity (Wildman–Crippen MR) is 66.6 cm³/mol. The van der Waals surface area contributed by atoms with Crippen LogP contribution in [0, 0.1) is 0 Å². The second-order valence-corrected chi connectivity index (χ2v) is 3.74. The third-order valence-electron chi connectivity index (χ3n) is 2.31. The molecule has 1 aromatic rings. The normalized spacial score (nSPS) is 11.3. The second kappa shape index (κ2) is 7.77. The first-order valence-electron chi connectivity index (χ1n) is 5.64. The van der Waals surface area contributed by atoms with E-state index in [9.17, 15) is 14.7 Å². The minimum Gasteiger partial charge on any atom is -0.464 e. The SMILES string of the molecule is COC(=O)c1ccnn1CC(O)CNC(=O)CN=[N+]=[N-]. The van der Waals surface area contributed by atoms with Gasteiger partial charge in [0.05, 0.1) is 19.8 Å². The number of methoxy groups -OCH3 is 1. The van der Waals surface area contributed by atoms with Crippen molar-refractivity contribution in [3.8, 4) is 0 Å². The summed E-state index contributed by atoms with van der Waals surface area (Å²) in [6.07, 6.45) is 0.451. The highest BCUT2D eigenvalue weighted by Gasteiger charge is 2.15. The number of carbonyl (C=O) groups excluding carboxylic acids is 2. The second-order valence-electron chi connectivity index (χ2n) is 3.74. The Morgan fingerprint density at radius 3 is 3.10 bits per heavy atom. The van der Waals surface area contributed by atoms with Crippen LogP contribution in [0.3, 0.4) is 0 Å².